The molecule has 1 amide bonds. The summed E-state index contributed by atoms with van der Waals surface area (Å²) < 4.78 is 10.6. The number of nitrogens with zero attached hydrogens (tertiary/aromatic N) is 3. The van der Waals surface area contributed by atoms with Crippen molar-refractivity contribution in [1.29, 1.82) is 0 Å². The quantitative estimate of drug-likeness (QED) is 0.481. The molecule has 0 unspecified atom stereocenters. The highest BCUT2D eigenvalue weighted by molar-refractivity contribution is 6.02. The van der Waals surface area contributed by atoms with E-state index in [1.807, 2.05) is 24.3 Å². The first-order valence-corrected chi connectivity index (χ1v) is 10.4. The molecule has 1 fully saturated rings. The van der Waals surface area contributed by atoms with E-state index in [1.54, 1.807) is 24.3 Å². The Morgan fingerprint density at radius 2 is 1.77 bits per heavy atom. The van der Waals surface area contributed by atoms with Crippen LogP contribution in [0.5, 0.6) is 0 Å². The van der Waals surface area contributed by atoms with E-state index >= 15 is 0 Å². The number of hydrogen-bond acceptors (Lipinski definition) is 6. The molecule has 0 atom stereocenters. The topological polar surface area (TPSA) is 84.4 Å². The monoisotopic (exact) mass is 414 g/mol. The molecular formula is C24H22N4O3. The van der Waals surface area contributed by atoms with Gasteiger partial charge < -0.3 is 19.2 Å². The van der Waals surface area contributed by atoms with Crippen molar-refractivity contribution < 1.29 is 13.7 Å². The molecule has 31 heavy (non-hydrogen) atoms. The fourth-order valence-corrected chi connectivity index (χ4v) is 3.76. The molecule has 5 rings (SSSR count). The van der Waals surface area contributed by atoms with E-state index in [2.05, 4.69) is 32.5 Å². The van der Waals surface area contributed by atoms with Gasteiger partial charge in [0.25, 0.3) is 11.8 Å². The fourth-order valence-electron chi connectivity index (χ4n) is 3.76. The molecule has 2 aromatic heterocycles. The molecular weight excluding hydrogens is 392 g/mol. The van der Waals surface area contributed by atoms with Gasteiger partial charge in [0, 0.05) is 35.6 Å². The number of anilines is 2. The first-order valence-electron chi connectivity index (χ1n) is 10.4. The number of rotatable bonds is 5. The Morgan fingerprint density at radius 1 is 0.935 bits per heavy atom. The summed E-state index contributed by atoms with van der Waals surface area (Å²) >= 11 is 0. The van der Waals surface area contributed by atoms with Gasteiger partial charge in [-0.2, -0.15) is 4.98 Å². The van der Waals surface area contributed by atoms with Gasteiger partial charge in [-0.05, 0) is 73.9 Å². The highest BCUT2D eigenvalue weighted by atomic mass is 16.5. The van der Waals surface area contributed by atoms with Crippen LogP contribution in [-0.2, 0) is 0 Å². The van der Waals surface area contributed by atoms with Crippen molar-refractivity contribution in [2.75, 3.05) is 23.3 Å². The SMILES string of the molecule is O=C(Nc1cccc(-c2nc(-c3ccc(N4CCCCC4)cc3)no2)c1)c1ccco1. The summed E-state index contributed by atoms with van der Waals surface area (Å²) in [6.07, 6.45) is 5.27. The molecule has 4 aromatic rings. The smallest absolute Gasteiger partial charge is 0.291 e. The number of nitrogens with one attached hydrogen (secondary N) is 1. The van der Waals surface area contributed by atoms with Crippen molar-refractivity contribution in [3.63, 3.8) is 0 Å². The summed E-state index contributed by atoms with van der Waals surface area (Å²) in [4.78, 5) is 19.1. The molecule has 0 bridgehead atoms. The van der Waals surface area contributed by atoms with Gasteiger partial charge in [0.15, 0.2) is 5.76 Å². The zero-order valence-corrected chi connectivity index (χ0v) is 17.0. The molecule has 1 aliphatic heterocycles. The minimum atomic E-state index is -0.317. The maximum Gasteiger partial charge on any atom is 0.291 e. The van der Waals surface area contributed by atoms with Crippen molar-refractivity contribution >= 4 is 17.3 Å². The Bertz CT molecular complexity index is 1160. The molecule has 7 heteroatoms. The molecule has 0 radical (unpaired) electrons. The Hall–Kier alpha value is -3.87. The van der Waals surface area contributed by atoms with Crippen LogP contribution in [0.1, 0.15) is 29.8 Å². The van der Waals surface area contributed by atoms with Crippen LogP contribution in [0.25, 0.3) is 22.8 Å². The lowest BCUT2D eigenvalue weighted by Gasteiger charge is -2.28. The third-order valence-electron chi connectivity index (χ3n) is 5.39. The van der Waals surface area contributed by atoms with E-state index in [-0.39, 0.29) is 11.7 Å². The predicted molar refractivity (Wildman–Crippen MR) is 118 cm³/mol. The average Bonchev–Trinajstić information content (AvgIpc) is 3.53. The van der Waals surface area contributed by atoms with Crippen molar-refractivity contribution in [2.45, 2.75) is 19.3 Å². The maximum absolute atomic E-state index is 12.2. The van der Waals surface area contributed by atoms with Crippen molar-refractivity contribution in [1.82, 2.24) is 10.1 Å². The van der Waals surface area contributed by atoms with Crippen molar-refractivity contribution in [3.05, 3.63) is 72.7 Å². The third-order valence-corrected chi connectivity index (χ3v) is 5.39. The van der Waals surface area contributed by atoms with Crippen LogP contribution in [0.4, 0.5) is 11.4 Å². The molecule has 7 nitrogen and oxygen atoms in total. The largest absolute Gasteiger partial charge is 0.459 e. The first kappa shape index (κ1) is 19.1. The number of hydrogen-bond donors (Lipinski definition) is 1. The second-order valence-corrected chi connectivity index (χ2v) is 7.53. The Balaban J connectivity index is 1.32. The minimum absolute atomic E-state index is 0.249. The van der Waals surface area contributed by atoms with E-state index < -0.39 is 0 Å². The van der Waals surface area contributed by atoms with Crippen LogP contribution >= 0.6 is 0 Å². The van der Waals surface area contributed by atoms with Gasteiger partial charge in [-0.1, -0.05) is 11.2 Å². The van der Waals surface area contributed by atoms with Crippen LogP contribution in [0.3, 0.4) is 0 Å². The van der Waals surface area contributed by atoms with Gasteiger partial charge in [-0.25, -0.2) is 0 Å². The lowest BCUT2D eigenvalue weighted by atomic mass is 10.1. The van der Waals surface area contributed by atoms with Gasteiger partial charge >= 0.3 is 0 Å². The third kappa shape index (κ3) is 4.21. The maximum atomic E-state index is 12.2. The summed E-state index contributed by atoms with van der Waals surface area (Å²) in [7, 11) is 0. The number of furan rings is 1. The number of aromatic nitrogens is 2. The molecule has 2 aromatic carbocycles. The van der Waals surface area contributed by atoms with Crippen LogP contribution in [-0.4, -0.2) is 29.1 Å². The van der Waals surface area contributed by atoms with Crippen LogP contribution in [0.15, 0.2) is 75.9 Å². The van der Waals surface area contributed by atoms with Crippen LogP contribution in [0, 0.1) is 0 Å². The standard InChI is InChI=1S/C24H22N4O3/c29-23(21-8-5-15-30-21)25-19-7-4-6-18(16-19)24-26-22(27-31-24)17-9-11-20(12-10-17)28-13-2-1-3-14-28/h4-12,15-16H,1-3,13-14H2,(H,25,29). The van der Waals surface area contributed by atoms with Crippen molar-refractivity contribution in [2.24, 2.45) is 0 Å². The average molecular weight is 414 g/mol. The van der Waals surface area contributed by atoms with Gasteiger partial charge in [0.1, 0.15) is 0 Å². The van der Waals surface area contributed by atoms with Crippen LogP contribution < -0.4 is 10.2 Å². The number of carbonyl (C=O) groups is 1. The van der Waals surface area contributed by atoms with E-state index in [4.69, 9.17) is 8.94 Å². The van der Waals surface area contributed by atoms with Gasteiger partial charge in [-0.3, -0.25) is 4.79 Å². The number of benzene rings is 2. The van der Waals surface area contributed by atoms with E-state index in [0.717, 1.165) is 24.2 Å². The zero-order chi connectivity index (χ0) is 21.0. The summed E-state index contributed by atoms with van der Waals surface area (Å²) in [5.41, 5.74) is 3.47. The van der Waals surface area contributed by atoms with Gasteiger partial charge in [-0.15, -0.1) is 0 Å². The van der Waals surface area contributed by atoms with E-state index in [9.17, 15) is 4.79 Å². The normalized spacial score (nSPS) is 13.9. The Morgan fingerprint density at radius 3 is 2.55 bits per heavy atom. The summed E-state index contributed by atoms with van der Waals surface area (Å²) in [6, 6.07) is 18.8. The predicted octanol–water partition coefficient (Wildman–Crippen LogP) is 5.24. The highest BCUT2D eigenvalue weighted by Crippen LogP contribution is 2.27. The van der Waals surface area contributed by atoms with Gasteiger partial charge in [0.05, 0.1) is 6.26 Å². The van der Waals surface area contributed by atoms with Crippen molar-refractivity contribution in [3.8, 4) is 22.8 Å². The zero-order valence-electron chi connectivity index (χ0n) is 17.0. The Kier molecular flexibility index (Phi) is 5.22. The fraction of sp³-hybridized carbons (Fsp3) is 0.208. The minimum Gasteiger partial charge on any atom is -0.459 e. The van der Waals surface area contributed by atoms with Crippen LogP contribution in [0.2, 0.25) is 0 Å². The molecule has 0 aliphatic carbocycles. The first-order chi connectivity index (χ1) is 15.3. The number of carbonyl (C=O) groups excluding carboxylic acids is 1. The second-order valence-electron chi connectivity index (χ2n) is 7.53. The van der Waals surface area contributed by atoms with E-state index in [0.29, 0.717) is 17.4 Å². The van der Waals surface area contributed by atoms with Gasteiger partial charge in [0.2, 0.25) is 5.82 Å². The molecule has 156 valence electrons. The van der Waals surface area contributed by atoms with E-state index in [1.165, 1.54) is 31.2 Å². The molecule has 1 N–H and O–H groups in total. The summed E-state index contributed by atoms with van der Waals surface area (Å²) in [5.74, 6) is 0.857. The summed E-state index contributed by atoms with van der Waals surface area (Å²) in [6.45, 7) is 2.22. The number of amides is 1. The Labute approximate surface area is 179 Å². The highest BCUT2D eigenvalue weighted by Gasteiger charge is 2.15. The molecule has 0 spiro atoms. The molecule has 0 saturated carbocycles. The number of piperidine rings is 1. The lowest BCUT2D eigenvalue weighted by Crippen LogP contribution is -2.29. The lowest BCUT2D eigenvalue weighted by molar-refractivity contribution is 0.0996. The second kappa shape index (κ2) is 8.47. The molecule has 3 heterocycles. The molecule has 1 aliphatic rings. The summed E-state index contributed by atoms with van der Waals surface area (Å²) in [5, 5.41) is 6.94. The molecule has 1 saturated heterocycles.